The molecule has 1 aromatic carbocycles. The Balaban J connectivity index is 1.63. The summed E-state index contributed by atoms with van der Waals surface area (Å²) in [5, 5.41) is 0. The van der Waals surface area contributed by atoms with Crippen molar-refractivity contribution < 1.29 is 4.74 Å². The molecule has 2 nitrogen and oxygen atoms in total. The van der Waals surface area contributed by atoms with Crippen LogP contribution in [-0.4, -0.2) is 18.8 Å². The zero-order valence-electron chi connectivity index (χ0n) is 11.6. The van der Waals surface area contributed by atoms with Gasteiger partial charge in [0.05, 0.1) is 6.10 Å². The largest absolute Gasteiger partial charge is 0.378 e. The number of nitrogens with two attached hydrogens (primary N) is 1. The summed E-state index contributed by atoms with van der Waals surface area (Å²) < 4.78 is 5.79. The van der Waals surface area contributed by atoms with E-state index >= 15 is 0 Å². The number of ether oxygens (including phenoxy) is 1. The molecule has 0 amide bonds. The molecule has 2 fully saturated rings. The summed E-state index contributed by atoms with van der Waals surface area (Å²) in [6, 6.07) is 11.3. The van der Waals surface area contributed by atoms with E-state index < -0.39 is 0 Å². The lowest BCUT2D eigenvalue weighted by molar-refractivity contribution is 0.0767. The van der Waals surface area contributed by atoms with Crippen molar-refractivity contribution in [3.63, 3.8) is 0 Å². The summed E-state index contributed by atoms with van der Waals surface area (Å²) in [4.78, 5) is 0. The minimum atomic E-state index is 0.379. The maximum Gasteiger partial charge on any atom is 0.0579 e. The van der Waals surface area contributed by atoms with Crippen LogP contribution in [0.25, 0.3) is 0 Å². The highest BCUT2D eigenvalue weighted by Gasteiger charge is 2.31. The summed E-state index contributed by atoms with van der Waals surface area (Å²) in [6.45, 7) is 0.953. The number of hydrogen-bond donors (Lipinski definition) is 1. The van der Waals surface area contributed by atoms with Crippen LogP contribution in [-0.2, 0) is 4.74 Å². The molecular formula is C17H25NO. The van der Waals surface area contributed by atoms with Gasteiger partial charge in [0, 0.05) is 12.6 Å². The zero-order chi connectivity index (χ0) is 13.1. The van der Waals surface area contributed by atoms with E-state index in [1.165, 1.54) is 37.7 Å². The molecule has 1 aliphatic heterocycles. The first kappa shape index (κ1) is 13.1. The van der Waals surface area contributed by atoms with Crippen molar-refractivity contribution in [3.8, 4) is 0 Å². The van der Waals surface area contributed by atoms with Crippen LogP contribution in [0.5, 0.6) is 0 Å². The Morgan fingerprint density at radius 3 is 2.68 bits per heavy atom. The lowest BCUT2D eigenvalue weighted by Gasteiger charge is -2.35. The second-order valence-electron chi connectivity index (χ2n) is 6.22. The summed E-state index contributed by atoms with van der Waals surface area (Å²) in [7, 11) is 0. The SMILES string of the molecule is NC1CCC(c2ccccc2)CC1CC1CCCO1. The average molecular weight is 259 g/mol. The van der Waals surface area contributed by atoms with Gasteiger partial charge in [-0.25, -0.2) is 0 Å². The van der Waals surface area contributed by atoms with E-state index in [1.807, 2.05) is 0 Å². The average Bonchev–Trinajstić information content (AvgIpc) is 2.95. The van der Waals surface area contributed by atoms with Crippen LogP contribution in [0.15, 0.2) is 30.3 Å². The monoisotopic (exact) mass is 259 g/mol. The molecule has 0 radical (unpaired) electrons. The van der Waals surface area contributed by atoms with Crippen LogP contribution in [0, 0.1) is 5.92 Å². The van der Waals surface area contributed by atoms with Gasteiger partial charge in [-0.3, -0.25) is 0 Å². The fourth-order valence-electron chi connectivity index (χ4n) is 3.75. The van der Waals surface area contributed by atoms with Gasteiger partial charge in [-0.15, -0.1) is 0 Å². The van der Waals surface area contributed by atoms with Gasteiger partial charge in [0.2, 0.25) is 0 Å². The van der Waals surface area contributed by atoms with Crippen molar-refractivity contribution in [1.82, 2.24) is 0 Å². The highest BCUT2D eigenvalue weighted by atomic mass is 16.5. The Hall–Kier alpha value is -0.860. The van der Waals surface area contributed by atoms with E-state index in [4.69, 9.17) is 10.5 Å². The molecule has 0 spiro atoms. The summed E-state index contributed by atoms with van der Waals surface area (Å²) in [6.07, 6.45) is 7.76. The van der Waals surface area contributed by atoms with E-state index in [9.17, 15) is 0 Å². The van der Waals surface area contributed by atoms with Gasteiger partial charge in [-0.1, -0.05) is 30.3 Å². The molecule has 4 atom stereocenters. The lowest BCUT2D eigenvalue weighted by atomic mass is 9.73. The van der Waals surface area contributed by atoms with Gasteiger partial charge < -0.3 is 10.5 Å². The molecule has 1 saturated carbocycles. The second-order valence-corrected chi connectivity index (χ2v) is 6.22. The zero-order valence-corrected chi connectivity index (χ0v) is 11.6. The number of rotatable bonds is 3. The molecule has 0 bridgehead atoms. The highest BCUT2D eigenvalue weighted by molar-refractivity contribution is 5.20. The van der Waals surface area contributed by atoms with Gasteiger partial charge in [0.25, 0.3) is 0 Å². The van der Waals surface area contributed by atoms with Crippen molar-refractivity contribution in [2.45, 2.75) is 56.6 Å². The topological polar surface area (TPSA) is 35.2 Å². The predicted octanol–water partition coefficient (Wildman–Crippen LogP) is 3.47. The summed E-state index contributed by atoms with van der Waals surface area (Å²) >= 11 is 0. The molecule has 3 rings (SSSR count). The van der Waals surface area contributed by atoms with Crippen molar-refractivity contribution in [3.05, 3.63) is 35.9 Å². The molecule has 2 heteroatoms. The summed E-state index contributed by atoms with van der Waals surface area (Å²) in [5.41, 5.74) is 7.83. The van der Waals surface area contributed by atoms with Gasteiger partial charge >= 0.3 is 0 Å². The maximum absolute atomic E-state index is 6.34. The van der Waals surface area contributed by atoms with Crippen LogP contribution >= 0.6 is 0 Å². The maximum atomic E-state index is 6.34. The van der Waals surface area contributed by atoms with Crippen LogP contribution in [0.4, 0.5) is 0 Å². The third kappa shape index (κ3) is 3.18. The smallest absolute Gasteiger partial charge is 0.0579 e. The van der Waals surface area contributed by atoms with Crippen LogP contribution < -0.4 is 5.73 Å². The molecule has 1 heterocycles. The third-order valence-corrected chi connectivity index (χ3v) is 4.90. The van der Waals surface area contributed by atoms with Crippen LogP contribution in [0.3, 0.4) is 0 Å². The van der Waals surface area contributed by atoms with Crippen molar-refractivity contribution in [2.75, 3.05) is 6.61 Å². The van der Waals surface area contributed by atoms with Crippen molar-refractivity contribution >= 4 is 0 Å². The molecule has 2 aliphatic rings. The molecule has 4 unspecified atom stereocenters. The lowest BCUT2D eigenvalue weighted by Crippen LogP contribution is -2.37. The Labute approximate surface area is 116 Å². The Kier molecular flexibility index (Phi) is 4.19. The molecule has 2 N–H and O–H groups in total. The van der Waals surface area contributed by atoms with Crippen molar-refractivity contribution in [2.24, 2.45) is 11.7 Å². The third-order valence-electron chi connectivity index (χ3n) is 4.90. The van der Waals surface area contributed by atoms with Gasteiger partial charge in [-0.05, 0) is 55.9 Å². The fraction of sp³-hybridized carbons (Fsp3) is 0.647. The normalized spacial score (nSPS) is 35.4. The van der Waals surface area contributed by atoms with E-state index in [-0.39, 0.29) is 0 Å². The van der Waals surface area contributed by atoms with E-state index in [1.54, 1.807) is 0 Å². The molecule has 104 valence electrons. The highest BCUT2D eigenvalue weighted by Crippen LogP contribution is 2.38. The molecule has 1 saturated heterocycles. The van der Waals surface area contributed by atoms with Gasteiger partial charge in [-0.2, -0.15) is 0 Å². The fourth-order valence-corrected chi connectivity index (χ4v) is 3.75. The molecule has 1 aromatic rings. The number of hydrogen-bond acceptors (Lipinski definition) is 2. The first-order valence-electron chi connectivity index (χ1n) is 7.75. The summed E-state index contributed by atoms with van der Waals surface area (Å²) in [5.74, 6) is 1.34. The Morgan fingerprint density at radius 1 is 1.11 bits per heavy atom. The Bertz CT molecular complexity index is 386. The van der Waals surface area contributed by atoms with Crippen LogP contribution in [0.1, 0.15) is 50.0 Å². The molecule has 1 aliphatic carbocycles. The molecule has 19 heavy (non-hydrogen) atoms. The minimum absolute atomic E-state index is 0.379. The Morgan fingerprint density at radius 2 is 1.95 bits per heavy atom. The predicted molar refractivity (Wildman–Crippen MR) is 78.1 cm³/mol. The standard InChI is InChI=1S/C17H25NO/c18-17-9-8-14(13-5-2-1-3-6-13)11-15(17)12-16-7-4-10-19-16/h1-3,5-6,14-17H,4,7-12,18H2. The quantitative estimate of drug-likeness (QED) is 0.902. The van der Waals surface area contributed by atoms with Gasteiger partial charge in [0.15, 0.2) is 0 Å². The first-order valence-corrected chi connectivity index (χ1v) is 7.75. The van der Waals surface area contributed by atoms with Crippen molar-refractivity contribution in [1.29, 1.82) is 0 Å². The number of benzene rings is 1. The second kappa shape index (κ2) is 6.06. The minimum Gasteiger partial charge on any atom is -0.378 e. The molecular weight excluding hydrogens is 234 g/mol. The molecule has 0 aromatic heterocycles. The van der Waals surface area contributed by atoms with Crippen LogP contribution in [0.2, 0.25) is 0 Å². The van der Waals surface area contributed by atoms with E-state index in [0.29, 0.717) is 24.0 Å². The van der Waals surface area contributed by atoms with E-state index in [0.717, 1.165) is 13.0 Å². The van der Waals surface area contributed by atoms with Gasteiger partial charge in [0.1, 0.15) is 0 Å². The van der Waals surface area contributed by atoms with E-state index in [2.05, 4.69) is 30.3 Å². The first-order chi connectivity index (χ1) is 9.33.